The summed E-state index contributed by atoms with van der Waals surface area (Å²) in [6, 6.07) is 0.601. The van der Waals surface area contributed by atoms with E-state index in [4.69, 9.17) is 0 Å². The standard InChI is InChI=1S/C7H4F6N2/c1-4(6(8,9)10)5-2-3-14-15(5)7(11,12)13/h2-3H,1H2. The van der Waals surface area contributed by atoms with Crippen molar-refractivity contribution < 1.29 is 26.3 Å². The summed E-state index contributed by atoms with van der Waals surface area (Å²) in [5.41, 5.74) is -2.70. The van der Waals surface area contributed by atoms with Crippen LogP contribution in [0.5, 0.6) is 0 Å². The molecule has 0 saturated carbocycles. The van der Waals surface area contributed by atoms with Crippen LogP contribution in [0.25, 0.3) is 5.57 Å². The molecule has 0 aromatic carbocycles. The third kappa shape index (κ3) is 2.31. The fraction of sp³-hybridized carbons (Fsp3) is 0.286. The van der Waals surface area contributed by atoms with Crippen molar-refractivity contribution in [2.75, 3.05) is 0 Å². The summed E-state index contributed by atoms with van der Waals surface area (Å²) < 4.78 is 71.9. The summed E-state index contributed by atoms with van der Waals surface area (Å²) in [6.07, 6.45) is -9.28. The van der Waals surface area contributed by atoms with Gasteiger partial charge in [-0.3, -0.25) is 0 Å². The van der Waals surface area contributed by atoms with E-state index in [-0.39, 0.29) is 0 Å². The Labute approximate surface area is 79.8 Å². The molecule has 0 unspecified atom stereocenters. The Morgan fingerprint density at radius 1 is 1.20 bits per heavy atom. The molecule has 1 aromatic rings. The number of nitrogens with zero attached hydrogens (tertiary/aromatic N) is 2. The number of alkyl halides is 6. The highest BCUT2D eigenvalue weighted by Gasteiger charge is 2.40. The maximum absolute atomic E-state index is 12.1. The van der Waals surface area contributed by atoms with Crippen LogP contribution in [0.4, 0.5) is 26.3 Å². The minimum Gasteiger partial charge on any atom is -0.173 e. The Hall–Kier alpha value is -1.47. The minimum atomic E-state index is -4.99. The highest BCUT2D eigenvalue weighted by atomic mass is 19.4. The van der Waals surface area contributed by atoms with Gasteiger partial charge in [0.15, 0.2) is 0 Å². The topological polar surface area (TPSA) is 17.8 Å². The third-order valence-corrected chi connectivity index (χ3v) is 1.53. The predicted octanol–water partition coefficient (Wildman–Crippen LogP) is 2.93. The molecule has 0 spiro atoms. The molecule has 0 aliphatic rings. The van der Waals surface area contributed by atoms with Gasteiger partial charge in [0.2, 0.25) is 0 Å². The fourth-order valence-corrected chi connectivity index (χ4v) is 0.879. The average molecular weight is 230 g/mol. The Kier molecular flexibility index (Phi) is 2.54. The number of halogens is 6. The van der Waals surface area contributed by atoms with E-state index >= 15 is 0 Å². The van der Waals surface area contributed by atoms with Crippen molar-refractivity contribution in [1.29, 1.82) is 0 Å². The van der Waals surface area contributed by atoms with Crippen molar-refractivity contribution in [2.45, 2.75) is 12.5 Å². The first-order chi connectivity index (χ1) is 6.64. The van der Waals surface area contributed by atoms with Crippen molar-refractivity contribution in [3.8, 4) is 0 Å². The van der Waals surface area contributed by atoms with Crippen LogP contribution < -0.4 is 0 Å². The highest BCUT2D eigenvalue weighted by molar-refractivity contribution is 5.64. The zero-order valence-corrected chi connectivity index (χ0v) is 7.02. The van der Waals surface area contributed by atoms with E-state index in [2.05, 4.69) is 11.7 Å². The van der Waals surface area contributed by atoms with Gasteiger partial charge in [-0.05, 0) is 6.07 Å². The Bertz CT molecular complexity index is 372. The zero-order chi connectivity index (χ0) is 11.9. The van der Waals surface area contributed by atoms with Crippen molar-refractivity contribution in [3.05, 3.63) is 24.5 Å². The molecule has 0 fully saturated rings. The van der Waals surface area contributed by atoms with Crippen LogP contribution in [0.2, 0.25) is 0 Å². The van der Waals surface area contributed by atoms with Gasteiger partial charge in [0, 0.05) is 6.20 Å². The lowest BCUT2D eigenvalue weighted by Crippen LogP contribution is -2.23. The highest BCUT2D eigenvalue weighted by Crippen LogP contribution is 2.35. The summed E-state index contributed by atoms with van der Waals surface area (Å²) >= 11 is 0. The largest absolute Gasteiger partial charge is 0.505 e. The number of hydrogen-bond acceptors (Lipinski definition) is 1. The van der Waals surface area contributed by atoms with Crippen molar-refractivity contribution in [3.63, 3.8) is 0 Å². The van der Waals surface area contributed by atoms with E-state index in [0.717, 1.165) is 0 Å². The lowest BCUT2D eigenvalue weighted by atomic mass is 10.2. The molecular formula is C7H4F6N2. The normalized spacial score (nSPS) is 12.9. The van der Waals surface area contributed by atoms with Gasteiger partial charge in [0.1, 0.15) is 0 Å². The Morgan fingerprint density at radius 3 is 2.13 bits per heavy atom. The van der Waals surface area contributed by atoms with Crippen LogP contribution in [0, 0.1) is 0 Å². The Morgan fingerprint density at radius 2 is 1.73 bits per heavy atom. The fourth-order valence-electron chi connectivity index (χ4n) is 0.879. The second-order valence-electron chi connectivity index (χ2n) is 2.57. The zero-order valence-electron chi connectivity index (χ0n) is 7.02. The molecule has 1 aromatic heterocycles. The van der Waals surface area contributed by atoms with E-state index in [1.165, 1.54) is 0 Å². The smallest absolute Gasteiger partial charge is 0.173 e. The molecule has 0 aliphatic carbocycles. The molecule has 0 N–H and O–H groups in total. The summed E-state index contributed by atoms with van der Waals surface area (Å²) in [6.45, 7) is 2.56. The van der Waals surface area contributed by atoms with Gasteiger partial charge in [-0.25, -0.2) is 0 Å². The van der Waals surface area contributed by atoms with E-state index in [1.807, 2.05) is 0 Å². The van der Waals surface area contributed by atoms with Crippen molar-refractivity contribution >= 4 is 5.57 Å². The second kappa shape index (κ2) is 3.28. The molecule has 84 valence electrons. The minimum absolute atomic E-state index is 0.601. The summed E-state index contributed by atoms with van der Waals surface area (Å²) in [5.74, 6) is 0. The summed E-state index contributed by atoms with van der Waals surface area (Å²) in [5, 5.41) is 2.75. The predicted molar refractivity (Wildman–Crippen MR) is 38.6 cm³/mol. The SMILES string of the molecule is C=C(c1ccnn1C(F)(F)F)C(F)(F)F. The summed E-state index contributed by atoms with van der Waals surface area (Å²) in [4.78, 5) is 0. The average Bonchev–Trinajstić information content (AvgIpc) is 2.47. The Balaban J connectivity index is 3.18. The van der Waals surface area contributed by atoms with E-state index in [9.17, 15) is 26.3 Å². The molecular weight excluding hydrogens is 226 g/mol. The molecule has 15 heavy (non-hydrogen) atoms. The lowest BCUT2D eigenvalue weighted by molar-refractivity contribution is -0.213. The first kappa shape index (κ1) is 11.6. The van der Waals surface area contributed by atoms with Gasteiger partial charge in [0.05, 0.1) is 11.3 Å². The number of hydrogen-bond donors (Lipinski definition) is 0. The van der Waals surface area contributed by atoms with Crippen LogP contribution in [-0.4, -0.2) is 16.0 Å². The molecule has 0 aliphatic heterocycles. The van der Waals surface area contributed by atoms with Gasteiger partial charge in [-0.1, -0.05) is 6.58 Å². The van der Waals surface area contributed by atoms with E-state index in [1.54, 1.807) is 0 Å². The third-order valence-electron chi connectivity index (χ3n) is 1.53. The number of rotatable bonds is 1. The molecule has 0 amide bonds. The lowest BCUT2D eigenvalue weighted by Gasteiger charge is -2.13. The molecule has 2 nitrogen and oxygen atoms in total. The quantitative estimate of drug-likeness (QED) is 0.678. The van der Waals surface area contributed by atoms with Gasteiger partial charge in [-0.15, -0.1) is 13.2 Å². The molecule has 0 atom stereocenters. The molecule has 0 bridgehead atoms. The number of allylic oxidation sites excluding steroid dienone is 1. The number of aromatic nitrogens is 2. The molecule has 1 heterocycles. The van der Waals surface area contributed by atoms with E-state index < -0.39 is 28.4 Å². The first-order valence-electron chi connectivity index (χ1n) is 3.51. The maximum atomic E-state index is 12.1. The van der Waals surface area contributed by atoms with Crippen LogP contribution in [0.3, 0.4) is 0 Å². The molecule has 8 heteroatoms. The summed E-state index contributed by atoms with van der Waals surface area (Å²) in [7, 11) is 0. The van der Waals surface area contributed by atoms with Crippen LogP contribution in [0.15, 0.2) is 18.8 Å². The first-order valence-corrected chi connectivity index (χ1v) is 3.51. The van der Waals surface area contributed by atoms with Crippen LogP contribution >= 0.6 is 0 Å². The molecule has 0 saturated heterocycles. The van der Waals surface area contributed by atoms with Gasteiger partial charge in [-0.2, -0.15) is 23.0 Å². The maximum Gasteiger partial charge on any atom is 0.505 e. The van der Waals surface area contributed by atoms with Gasteiger partial charge in [0.25, 0.3) is 0 Å². The van der Waals surface area contributed by atoms with Crippen molar-refractivity contribution in [2.24, 2.45) is 0 Å². The van der Waals surface area contributed by atoms with Crippen LogP contribution in [0.1, 0.15) is 5.69 Å². The van der Waals surface area contributed by atoms with Gasteiger partial charge < -0.3 is 0 Å². The monoisotopic (exact) mass is 230 g/mol. The molecule has 0 radical (unpaired) electrons. The molecule has 1 rings (SSSR count). The van der Waals surface area contributed by atoms with Gasteiger partial charge >= 0.3 is 12.5 Å². The van der Waals surface area contributed by atoms with Crippen LogP contribution in [-0.2, 0) is 6.30 Å². The second-order valence-corrected chi connectivity index (χ2v) is 2.57. The van der Waals surface area contributed by atoms with E-state index in [0.29, 0.717) is 12.3 Å². The van der Waals surface area contributed by atoms with Crippen molar-refractivity contribution in [1.82, 2.24) is 9.78 Å².